The summed E-state index contributed by atoms with van der Waals surface area (Å²) < 4.78 is 0. The van der Waals surface area contributed by atoms with Crippen LogP contribution in [-0.4, -0.2) is 17.6 Å². The van der Waals surface area contributed by atoms with Gasteiger partial charge in [-0.15, -0.1) is 0 Å². The maximum absolute atomic E-state index is 4.44. The van der Waals surface area contributed by atoms with E-state index in [2.05, 4.69) is 29.4 Å². The average molecular weight is 260 g/mol. The molecule has 0 saturated heterocycles. The van der Waals surface area contributed by atoms with Gasteiger partial charge in [-0.05, 0) is 50.3 Å². The van der Waals surface area contributed by atoms with Gasteiger partial charge in [0.05, 0.1) is 0 Å². The van der Waals surface area contributed by atoms with Gasteiger partial charge in [-0.3, -0.25) is 4.98 Å². The zero-order valence-corrected chi connectivity index (χ0v) is 12.3. The van der Waals surface area contributed by atoms with Gasteiger partial charge < -0.3 is 5.32 Å². The van der Waals surface area contributed by atoms with Gasteiger partial charge in [-0.25, -0.2) is 0 Å². The Morgan fingerprint density at radius 3 is 2.84 bits per heavy atom. The van der Waals surface area contributed by atoms with Crippen molar-refractivity contribution in [3.05, 3.63) is 30.1 Å². The second-order valence-corrected chi connectivity index (χ2v) is 5.90. The van der Waals surface area contributed by atoms with Gasteiger partial charge in [0.2, 0.25) is 0 Å². The molecule has 1 fully saturated rings. The molecule has 0 amide bonds. The van der Waals surface area contributed by atoms with E-state index in [1.165, 1.54) is 50.6 Å². The third-order valence-electron chi connectivity index (χ3n) is 4.25. The van der Waals surface area contributed by atoms with Gasteiger partial charge in [0.25, 0.3) is 0 Å². The molecule has 1 N–H and O–H groups in total. The molecule has 2 heteroatoms. The van der Waals surface area contributed by atoms with E-state index in [-0.39, 0.29) is 0 Å². The highest BCUT2D eigenvalue weighted by atomic mass is 14.9. The first-order valence-corrected chi connectivity index (χ1v) is 8.01. The lowest BCUT2D eigenvalue weighted by atomic mass is 9.95. The van der Waals surface area contributed by atoms with Crippen molar-refractivity contribution in [2.75, 3.05) is 6.54 Å². The lowest BCUT2D eigenvalue weighted by Gasteiger charge is -2.21. The minimum Gasteiger partial charge on any atom is -0.314 e. The molecule has 1 heterocycles. The third-order valence-corrected chi connectivity index (χ3v) is 4.25. The number of rotatable bonds is 8. The Bertz CT molecular complexity index is 330. The first-order valence-electron chi connectivity index (χ1n) is 8.01. The van der Waals surface area contributed by atoms with E-state index in [1.54, 1.807) is 0 Å². The zero-order valence-electron chi connectivity index (χ0n) is 12.3. The van der Waals surface area contributed by atoms with Crippen molar-refractivity contribution in [2.24, 2.45) is 5.92 Å². The molecule has 1 saturated carbocycles. The minimum absolute atomic E-state index is 0.685. The van der Waals surface area contributed by atoms with E-state index in [0.29, 0.717) is 6.04 Å². The van der Waals surface area contributed by atoms with Crippen molar-refractivity contribution in [1.82, 2.24) is 10.3 Å². The molecule has 0 aliphatic heterocycles. The summed E-state index contributed by atoms with van der Waals surface area (Å²) in [6.07, 6.45) is 12.6. The quantitative estimate of drug-likeness (QED) is 0.765. The molecule has 2 nitrogen and oxygen atoms in total. The first kappa shape index (κ1) is 14.5. The predicted molar refractivity (Wildman–Crippen MR) is 81.2 cm³/mol. The topological polar surface area (TPSA) is 24.9 Å². The molecule has 2 rings (SSSR count). The van der Waals surface area contributed by atoms with Gasteiger partial charge in [0, 0.05) is 17.9 Å². The fourth-order valence-corrected chi connectivity index (χ4v) is 3.17. The van der Waals surface area contributed by atoms with Crippen molar-refractivity contribution in [1.29, 1.82) is 0 Å². The summed E-state index contributed by atoms with van der Waals surface area (Å²) in [5, 5.41) is 3.74. The van der Waals surface area contributed by atoms with Crippen LogP contribution in [0.5, 0.6) is 0 Å². The molecule has 1 aliphatic rings. The van der Waals surface area contributed by atoms with E-state index in [9.17, 15) is 0 Å². The highest BCUT2D eigenvalue weighted by Gasteiger charge is 2.19. The van der Waals surface area contributed by atoms with Crippen molar-refractivity contribution < 1.29 is 0 Å². The first-order chi connectivity index (χ1) is 9.38. The summed E-state index contributed by atoms with van der Waals surface area (Å²) in [5.74, 6) is 0.970. The zero-order chi connectivity index (χ0) is 13.3. The standard InChI is InChI=1S/C17H28N2/c1-2-12-18-17(14-15-7-3-4-8-15)11-10-16-9-5-6-13-19-16/h5-6,9,13,15,17-18H,2-4,7-8,10-12,14H2,1H3. The molecular formula is C17H28N2. The van der Waals surface area contributed by atoms with Crippen LogP contribution in [0.1, 0.15) is 57.6 Å². The molecule has 106 valence electrons. The monoisotopic (exact) mass is 260 g/mol. The van der Waals surface area contributed by atoms with Crippen LogP contribution < -0.4 is 5.32 Å². The summed E-state index contributed by atoms with van der Waals surface area (Å²) >= 11 is 0. The summed E-state index contributed by atoms with van der Waals surface area (Å²) in [6.45, 7) is 3.40. The summed E-state index contributed by atoms with van der Waals surface area (Å²) in [7, 11) is 0. The van der Waals surface area contributed by atoms with Crippen LogP contribution in [0.3, 0.4) is 0 Å². The highest BCUT2D eigenvalue weighted by Crippen LogP contribution is 2.29. The SMILES string of the molecule is CCCNC(CCc1ccccn1)CC1CCCC1. The Morgan fingerprint density at radius 2 is 2.16 bits per heavy atom. The number of aromatic nitrogens is 1. The molecule has 1 aliphatic carbocycles. The number of nitrogens with zero attached hydrogens (tertiary/aromatic N) is 1. The van der Waals surface area contributed by atoms with E-state index in [4.69, 9.17) is 0 Å². The average Bonchev–Trinajstić information content (AvgIpc) is 2.96. The van der Waals surface area contributed by atoms with Gasteiger partial charge in [-0.2, -0.15) is 0 Å². The van der Waals surface area contributed by atoms with Gasteiger partial charge in [0.15, 0.2) is 0 Å². The van der Waals surface area contributed by atoms with Crippen molar-refractivity contribution in [2.45, 2.75) is 64.3 Å². The molecule has 1 atom stereocenters. The summed E-state index contributed by atoms with van der Waals surface area (Å²) in [5.41, 5.74) is 1.23. The predicted octanol–water partition coefficient (Wildman–Crippen LogP) is 3.96. The van der Waals surface area contributed by atoms with Crippen LogP contribution in [0.15, 0.2) is 24.4 Å². The van der Waals surface area contributed by atoms with E-state index >= 15 is 0 Å². The fraction of sp³-hybridized carbons (Fsp3) is 0.706. The normalized spacial score (nSPS) is 17.7. The lowest BCUT2D eigenvalue weighted by molar-refractivity contribution is 0.370. The lowest BCUT2D eigenvalue weighted by Crippen LogP contribution is -2.32. The fourth-order valence-electron chi connectivity index (χ4n) is 3.17. The largest absolute Gasteiger partial charge is 0.314 e. The van der Waals surface area contributed by atoms with E-state index < -0.39 is 0 Å². The molecular weight excluding hydrogens is 232 g/mol. The van der Waals surface area contributed by atoms with Gasteiger partial charge >= 0.3 is 0 Å². The molecule has 1 unspecified atom stereocenters. The molecule has 0 radical (unpaired) electrons. The molecule has 0 spiro atoms. The Morgan fingerprint density at radius 1 is 1.32 bits per heavy atom. The minimum atomic E-state index is 0.685. The van der Waals surface area contributed by atoms with Crippen LogP contribution in [0.25, 0.3) is 0 Å². The number of hydrogen-bond acceptors (Lipinski definition) is 2. The Balaban J connectivity index is 1.78. The number of pyridine rings is 1. The smallest absolute Gasteiger partial charge is 0.0404 e. The number of nitrogens with one attached hydrogen (secondary N) is 1. The van der Waals surface area contributed by atoms with Crippen LogP contribution in [0.4, 0.5) is 0 Å². The number of hydrogen-bond donors (Lipinski definition) is 1. The molecule has 1 aromatic heterocycles. The summed E-state index contributed by atoms with van der Waals surface area (Å²) in [6, 6.07) is 6.92. The summed E-state index contributed by atoms with van der Waals surface area (Å²) in [4.78, 5) is 4.44. The van der Waals surface area contributed by atoms with Crippen molar-refractivity contribution in [3.8, 4) is 0 Å². The van der Waals surface area contributed by atoms with Crippen LogP contribution in [-0.2, 0) is 6.42 Å². The Hall–Kier alpha value is -0.890. The third kappa shape index (κ3) is 5.32. The number of aryl methyl sites for hydroxylation is 1. The maximum atomic E-state index is 4.44. The molecule has 0 bridgehead atoms. The van der Waals surface area contributed by atoms with E-state index in [0.717, 1.165) is 18.9 Å². The molecule has 19 heavy (non-hydrogen) atoms. The van der Waals surface area contributed by atoms with Crippen LogP contribution in [0, 0.1) is 5.92 Å². The van der Waals surface area contributed by atoms with E-state index in [1.807, 2.05) is 12.3 Å². The highest BCUT2D eigenvalue weighted by molar-refractivity contribution is 5.03. The Labute approximate surface area is 118 Å². The van der Waals surface area contributed by atoms with Crippen molar-refractivity contribution >= 4 is 0 Å². The van der Waals surface area contributed by atoms with Gasteiger partial charge in [-0.1, -0.05) is 38.7 Å². The second-order valence-electron chi connectivity index (χ2n) is 5.90. The van der Waals surface area contributed by atoms with Crippen LogP contribution in [0.2, 0.25) is 0 Å². The maximum Gasteiger partial charge on any atom is 0.0404 e. The Kier molecular flexibility index (Phi) is 6.35. The molecule has 0 aromatic carbocycles. The van der Waals surface area contributed by atoms with Crippen LogP contribution >= 0.6 is 0 Å². The molecule has 1 aromatic rings. The van der Waals surface area contributed by atoms with Gasteiger partial charge in [0.1, 0.15) is 0 Å². The van der Waals surface area contributed by atoms with Crippen molar-refractivity contribution in [3.63, 3.8) is 0 Å². The second kappa shape index (κ2) is 8.31.